The molecule has 10 heteroatoms. The van der Waals surface area contributed by atoms with Crippen LogP contribution in [-0.4, -0.2) is 20.3 Å². The quantitative estimate of drug-likeness (QED) is 0.326. The minimum Gasteiger partial charge on any atom is -0.252 e. The third-order valence-corrected chi connectivity index (χ3v) is 3.35. The number of benzene rings is 1. The summed E-state index contributed by atoms with van der Waals surface area (Å²) in [6.07, 6.45) is 0. The van der Waals surface area contributed by atoms with Gasteiger partial charge in [0.15, 0.2) is 23.4 Å². The molecular weight excluding hydrogens is 253 g/mol. The lowest BCUT2D eigenvalue weighted by atomic mass is 10.4. The molecule has 1 aromatic carbocycles. The van der Waals surface area contributed by atoms with E-state index in [1.165, 1.54) is 24.3 Å². The van der Waals surface area contributed by atoms with Gasteiger partial charge in [0.05, 0.1) is 0 Å². The molecule has 0 aliphatic heterocycles. The highest BCUT2D eigenvalue weighted by Crippen LogP contribution is 2.32. The van der Waals surface area contributed by atoms with E-state index in [1.54, 1.807) is 6.07 Å². The van der Waals surface area contributed by atoms with Crippen molar-refractivity contribution in [1.82, 2.24) is 0 Å². The van der Waals surface area contributed by atoms with Crippen LogP contribution in [0.5, 0.6) is 0 Å². The van der Waals surface area contributed by atoms with E-state index in [4.69, 9.17) is 0 Å². The van der Waals surface area contributed by atoms with Gasteiger partial charge in [-0.25, -0.2) is 0 Å². The highest BCUT2D eigenvalue weighted by atomic mass is 31.1. The molecule has 0 radical (unpaired) electrons. The van der Waals surface area contributed by atoms with Gasteiger partial charge < -0.3 is 0 Å². The summed E-state index contributed by atoms with van der Waals surface area (Å²) in [6.45, 7) is 0. The van der Waals surface area contributed by atoms with Crippen LogP contribution in [-0.2, 0) is 0 Å². The zero-order chi connectivity index (χ0) is 13.1. The largest absolute Gasteiger partial charge is 0.708 e. The first-order valence-corrected chi connectivity index (χ1v) is 5.18. The minimum atomic E-state index is -3.40. The average Bonchev–Trinajstić information content (AvgIpc) is 2.25. The molecule has 0 fully saturated rings. The van der Waals surface area contributed by atoms with Crippen LogP contribution in [0.15, 0.2) is 30.3 Å². The second kappa shape index (κ2) is 4.79. The summed E-state index contributed by atoms with van der Waals surface area (Å²) in [5.41, 5.74) is -3.40. The Balaban J connectivity index is 3.21. The van der Waals surface area contributed by atoms with Crippen LogP contribution in [0.25, 0.3) is 0 Å². The third-order valence-electron chi connectivity index (χ3n) is 1.85. The zero-order valence-corrected chi connectivity index (χ0v) is 9.18. The molecule has 0 aliphatic carbocycles. The van der Waals surface area contributed by atoms with E-state index in [2.05, 4.69) is 0 Å². The van der Waals surface area contributed by atoms with Crippen LogP contribution in [0.2, 0.25) is 0 Å². The first-order chi connectivity index (χ1) is 7.91. The zero-order valence-electron chi connectivity index (χ0n) is 8.18. The minimum absolute atomic E-state index is 0.178. The van der Waals surface area contributed by atoms with Crippen molar-refractivity contribution in [2.75, 3.05) is 0 Å². The smallest absolute Gasteiger partial charge is 0.252 e. The summed E-state index contributed by atoms with van der Waals surface area (Å²) < 4.78 is 0. The van der Waals surface area contributed by atoms with E-state index in [9.17, 15) is 30.3 Å². The molecule has 90 valence electrons. The number of nitro groups is 3. The summed E-state index contributed by atoms with van der Waals surface area (Å²) in [5.74, 6) is 0. The highest BCUT2D eigenvalue weighted by molar-refractivity contribution is 7.48. The fraction of sp³-hybridized carbons (Fsp3) is 0.143. The molecule has 1 atom stereocenters. The van der Waals surface area contributed by atoms with E-state index in [1.807, 2.05) is 0 Å². The van der Waals surface area contributed by atoms with Gasteiger partial charge in [0, 0.05) is 0 Å². The first kappa shape index (κ1) is 12.9. The van der Waals surface area contributed by atoms with Gasteiger partial charge in [0.1, 0.15) is 0 Å². The Hall–Kier alpha value is -2.15. The van der Waals surface area contributed by atoms with Crippen LogP contribution >= 0.6 is 8.58 Å². The molecule has 1 unspecified atom stereocenters. The maximum atomic E-state index is 10.6. The van der Waals surface area contributed by atoms with E-state index < -0.39 is 28.9 Å². The first-order valence-electron chi connectivity index (χ1n) is 4.18. The van der Waals surface area contributed by atoms with Crippen molar-refractivity contribution in [3.05, 3.63) is 60.7 Å². The van der Waals surface area contributed by atoms with Crippen molar-refractivity contribution in [3.8, 4) is 0 Å². The Morgan fingerprint density at radius 1 is 0.882 bits per heavy atom. The van der Waals surface area contributed by atoms with Crippen LogP contribution in [0.1, 0.15) is 0 Å². The van der Waals surface area contributed by atoms with Crippen LogP contribution in [0, 0.1) is 30.3 Å². The molecule has 0 aromatic heterocycles. The molecule has 0 spiro atoms. The summed E-state index contributed by atoms with van der Waals surface area (Å²) in [6, 6.07) is 7.31. The van der Waals surface area contributed by atoms with E-state index >= 15 is 0 Å². The van der Waals surface area contributed by atoms with Crippen LogP contribution in [0.4, 0.5) is 0 Å². The molecule has 17 heavy (non-hydrogen) atoms. The van der Waals surface area contributed by atoms with Crippen molar-refractivity contribution >= 4 is 13.9 Å². The summed E-state index contributed by atoms with van der Waals surface area (Å²) in [7, 11) is -1.19. The Morgan fingerprint density at radius 2 is 1.29 bits per heavy atom. The summed E-state index contributed by atoms with van der Waals surface area (Å²) in [4.78, 5) is 27.5. The van der Waals surface area contributed by atoms with Gasteiger partial charge >= 0.3 is 5.53 Å². The SMILES string of the molecule is O=[N+]([O-])C(Pc1ccccc1)([N+](=O)[O-])[N+](=O)[O-]. The van der Waals surface area contributed by atoms with Crippen molar-refractivity contribution < 1.29 is 14.8 Å². The second-order valence-corrected chi connectivity index (χ2v) is 4.40. The number of nitrogens with zero attached hydrogens (tertiary/aromatic N) is 3. The number of rotatable bonds is 5. The van der Waals surface area contributed by atoms with Gasteiger partial charge in [-0.1, -0.05) is 30.3 Å². The van der Waals surface area contributed by atoms with Crippen LogP contribution in [0.3, 0.4) is 0 Å². The molecule has 0 bridgehead atoms. The predicted octanol–water partition coefficient (Wildman–Crippen LogP) is 0.432. The van der Waals surface area contributed by atoms with Crippen molar-refractivity contribution in [2.24, 2.45) is 0 Å². The monoisotopic (exact) mass is 259 g/mol. The highest BCUT2D eigenvalue weighted by Gasteiger charge is 2.70. The van der Waals surface area contributed by atoms with Crippen molar-refractivity contribution in [2.45, 2.75) is 5.53 Å². The molecule has 0 N–H and O–H groups in total. The summed E-state index contributed by atoms with van der Waals surface area (Å²) in [5, 5.41) is 32.1. The Labute approximate surface area is 95.7 Å². The maximum absolute atomic E-state index is 10.6. The van der Waals surface area contributed by atoms with Gasteiger partial charge in [-0.2, -0.15) is 0 Å². The Kier molecular flexibility index (Phi) is 3.64. The Morgan fingerprint density at radius 3 is 1.65 bits per heavy atom. The number of hydrogen-bond donors (Lipinski definition) is 0. The Bertz CT molecular complexity index is 428. The molecule has 9 nitrogen and oxygen atoms in total. The van der Waals surface area contributed by atoms with Crippen molar-refractivity contribution in [1.29, 1.82) is 0 Å². The van der Waals surface area contributed by atoms with Gasteiger partial charge in [-0.15, -0.1) is 0 Å². The lowest BCUT2D eigenvalue weighted by molar-refractivity contribution is -0.935. The van der Waals surface area contributed by atoms with Crippen molar-refractivity contribution in [3.63, 3.8) is 0 Å². The molecule has 0 saturated heterocycles. The molecule has 0 amide bonds. The third kappa shape index (κ3) is 2.34. The molecule has 0 saturated carbocycles. The van der Waals surface area contributed by atoms with E-state index in [-0.39, 0.29) is 5.30 Å². The molecular formula is C7H6N3O6P. The van der Waals surface area contributed by atoms with E-state index in [0.717, 1.165) is 0 Å². The lowest BCUT2D eigenvalue weighted by Gasteiger charge is -2.08. The second-order valence-electron chi connectivity index (χ2n) is 2.90. The molecule has 1 rings (SSSR count). The van der Waals surface area contributed by atoms with E-state index in [0.29, 0.717) is 0 Å². The molecule has 0 aliphatic rings. The molecule has 1 aromatic rings. The predicted molar refractivity (Wildman–Crippen MR) is 58.1 cm³/mol. The lowest BCUT2D eigenvalue weighted by Crippen LogP contribution is -2.50. The van der Waals surface area contributed by atoms with Gasteiger partial charge in [-0.05, 0) is 5.30 Å². The van der Waals surface area contributed by atoms with Gasteiger partial charge in [-0.3, -0.25) is 30.3 Å². The average molecular weight is 259 g/mol. The molecule has 0 heterocycles. The standard InChI is InChI=1S/C7H6N3O6P/c11-8(12)7(9(13)14,10(15)16)17-6-4-2-1-3-5-6/h1-5,17H. The fourth-order valence-electron chi connectivity index (χ4n) is 1.05. The number of hydrogen-bond acceptors (Lipinski definition) is 6. The topological polar surface area (TPSA) is 129 Å². The summed E-state index contributed by atoms with van der Waals surface area (Å²) >= 11 is 0. The van der Waals surface area contributed by atoms with Crippen LogP contribution < -0.4 is 5.30 Å². The fourth-order valence-corrected chi connectivity index (χ4v) is 2.07. The maximum Gasteiger partial charge on any atom is 0.708 e. The van der Waals surface area contributed by atoms with Gasteiger partial charge in [0.25, 0.3) is 0 Å². The normalized spacial score (nSPS) is 11.5. The van der Waals surface area contributed by atoms with Gasteiger partial charge in [0.2, 0.25) is 0 Å².